The minimum Gasteiger partial charge on any atom is -0.463 e. The first-order valence-corrected chi connectivity index (χ1v) is 7.99. The molecular formula is C16H22O11. The summed E-state index contributed by atoms with van der Waals surface area (Å²) >= 11 is 0. The van der Waals surface area contributed by atoms with Crippen molar-refractivity contribution >= 4 is 29.8 Å². The van der Waals surface area contributed by atoms with E-state index in [9.17, 15) is 24.0 Å². The van der Waals surface area contributed by atoms with E-state index in [4.69, 9.17) is 28.4 Å². The summed E-state index contributed by atoms with van der Waals surface area (Å²) in [6, 6.07) is 0. The molecule has 1 heterocycles. The predicted octanol–water partition coefficient (Wildman–Crippen LogP) is -0.367. The van der Waals surface area contributed by atoms with Crippen molar-refractivity contribution in [1.82, 2.24) is 0 Å². The summed E-state index contributed by atoms with van der Waals surface area (Å²) < 4.78 is 30.8. The fraction of sp³-hybridized carbons (Fsp3) is 0.688. The molecule has 0 saturated carbocycles. The zero-order valence-corrected chi connectivity index (χ0v) is 15.6. The van der Waals surface area contributed by atoms with Crippen LogP contribution in [0.5, 0.6) is 0 Å². The van der Waals surface area contributed by atoms with Crippen molar-refractivity contribution in [3.05, 3.63) is 0 Å². The number of esters is 5. The van der Waals surface area contributed by atoms with Crippen LogP contribution in [-0.4, -0.2) is 67.2 Å². The Kier molecular flexibility index (Phi) is 8.16. The van der Waals surface area contributed by atoms with Crippen LogP contribution in [-0.2, 0) is 52.4 Å². The fourth-order valence-corrected chi connectivity index (χ4v) is 2.45. The van der Waals surface area contributed by atoms with Crippen LogP contribution >= 0.6 is 0 Å². The Labute approximate surface area is 155 Å². The molecule has 0 radical (unpaired) electrons. The smallest absolute Gasteiger partial charge is 0.305 e. The van der Waals surface area contributed by atoms with E-state index in [0.29, 0.717) is 0 Å². The van der Waals surface area contributed by atoms with Crippen molar-refractivity contribution in [3.8, 4) is 0 Å². The average Bonchev–Trinajstić information content (AvgIpc) is 2.49. The molecule has 0 aliphatic carbocycles. The van der Waals surface area contributed by atoms with Gasteiger partial charge in [0.25, 0.3) is 0 Å². The maximum Gasteiger partial charge on any atom is 0.305 e. The van der Waals surface area contributed by atoms with Crippen LogP contribution in [0.1, 0.15) is 34.6 Å². The zero-order valence-electron chi connectivity index (χ0n) is 15.6. The predicted molar refractivity (Wildman–Crippen MR) is 83.7 cm³/mol. The SMILES string of the molecule is CC(=O)OCC1O[C@@H](OC(C)=O)[C@@H](OC(C)=O)[C@@H](OC(C)=O)C1OC(C)=O. The molecule has 1 aliphatic rings. The molecule has 0 N–H and O–H groups in total. The van der Waals surface area contributed by atoms with E-state index in [1.165, 1.54) is 0 Å². The molecule has 11 heteroatoms. The fourth-order valence-electron chi connectivity index (χ4n) is 2.45. The summed E-state index contributed by atoms with van der Waals surface area (Å²) in [7, 11) is 0. The third-order valence-electron chi connectivity index (χ3n) is 3.23. The highest BCUT2D eigenvalue weighted by atomic mass is 16.7. The van der Waals surface area contributed by atoms with Crippen LogP contribution in [0.4, 0.5) is 0 Å². The lowest BCUT2D eigenvalue weighted by Crippen LogP contribution is -2.63. The molecule has 152 valence electrons. The summed E-state index contributed by atoms with van der Waals surface area (Å²) in [6.07, 6.45) is -6.70. The number of hydrogen-bond donors (Lipinski definition) is 0. The van der Waals surface area contributed by atoms with E-state index in [1.54, 1.807) is 0 Å². The second-order valence-electron chi connectivity index (χ2n) is 5.68. The number of carbonyl (C=O) groups is 5. The second-order valence-corrected chi connectivity index (χ2v) is 5.68. The standard InChI is InChI=1S/C16H22O11/c1-7(17)22-6-12-13(23-8(2)18)14(24-9(3)19)15(25-10(4)20)16(27-12)26-11(5)21/h12-16H,6H2,1-5H3/t12?,13?,14-,15-,16+/m0/s1. The van der Waals surface area contributed by atoms with E-state index in [0.717, 1.165) is 34.6 Å². The summed E-state index contributed by atoms with van der Waals surface area (Å²) in [4.78, 5) is 57.0. The topological polar surface area (TPSA) is 141 Å². The molecule has 5 atom stereocenters. The van der Waals surface area contributed by atoms with Gasteiger partial charge in [-0.1, -0.05) is 0 Å². The molecule has 2 unspecified atom stereocenters. The van der Waals surface area contributed by atoms with Crippen molar-refractivity contribution in [2.45, 2.75) is 65.3 Å². The minimum atomic E-state index is -1.48. The van der Waals surface area contributed by atoms with Crippen LogP contribution in [0.15, 0.2) is 0 Å². The monoisotopic (exact) mass is 390 g/mol. The number of rotatable bonds is 6. The van der Waals surface area contributed by atoms with Crippen LogP contribution < -0.4 is 0 Å². The van der Waals surface area contributed by atoms with E-state index >= 15 is 0 Å². The van der Waals surface area contributed by atoms with Gasteiger partial charge in [0.15, 0.2) is 12.2 Å². The maximum absolute atomic E-state index is 11.5. The van der Waals surface area contributed by atoms with Gasteiger partial charge in [0, 0.05) is 34.6 Å². The van der Waals surface area contributed by atoms with Crippen LogP contribution in [0, 0.1) is 0 Å². The van der Waals surface area contributed by atoms with Gasteiger partial charge in [-0.3, -0.25) is 24.0 Å². The van der Waals surface area contributed by atoms with Crippen LogP contribution in [0.2, 0.25) is 0 Å². The second kappa shape index (κ2) is 9.86. The van der Waals surface area contributed by atoms with E-state index in [1.807, 2.05) is 0 Å². The Balaban J connectivity index is 3.29. The lowest BCUT2D eigenvalue weighted by molar-refractivity contribution is -0.300. The highest BCUT2D eigenvalue weighted by molar-refractivity contribution is 5.69. The van der Waals surface area contributed by atoms with Gasteiger partial charge in [-0.25, -0.2) is 0 Å². The lowest BCUT2D eigenvalue weighted by atomic mass is 9.98. The Bertz CT molecular complexity index is 599. The molecule has 27 heavy (non-hydrogen) atoms. The van der Waals surface area contributed by atoms with Crippen molar-refractivity contribution in [2.75, 3.05) is 6.61 Å². The molecule has 1 rings (SSSR count). The number of hydrogen-bond acceptors (Lipinski definition) is 11. The van der Waals surface area contributed by atoms with Crippen LogP contribution in [0.3, 0.4) is 0 Å². The number of carbonyl (C=O) groups excluding carboxylic acids is 5. The minimum absolute atomic E-state index is 0.393. The lowest BCUT2D eigenvalue weighted by Gasteiger charge is -2.43. The summed E-state index contributed by atoms with van der Waals surface area (Å²) in [5.41, 5.74) is 0. The van der Waals surface area contributed by atoms with E-state index in [2.05, 4.69) is 0 Å². The summed E-state index contributed by atoms with van der Waals surface area (Å²) in [6.45, 7) is 5.13. The average molecular weight is 390 g/mol. The molecule has 11 nitrogen and oxygen atoms in total. The summed E-state index contributed by atoms with van der Waals surface area (Å²) in [5.74, 6) is -3.71. The third-order valence-corrected chi connectivity index (χ3v) is 3.23. The van der Waals surface area contributed by atoms with E-state index in [-0.39, 0.29) is 0 Å². The largest absolute Gasteiger partial charge is 0.463 e. The molecular weight excluding hydrogens is 368 g/mol. The van der Waals surface area contributed by atoms with Crippen molar-refractivity contribution in [2.24, 2.45) is 0 Å². The Hall–Kier alpha value is -2.69. The van der Waals surface area contributed by atoms with Gasteiger partial charge in [-0.2, -0.15) is 0 Å². The molecule has 0 bridgehead atoms. The Morgan fingerprint density at radius 1 is 0.630 bits per heavy atom. The van der Waals surface area contributed by atoms with Crippen molar-refractivity contribution in [1.29, 1.82) is 0 Å². The molecule has 0 amide bonds. The van der Waals surface area contributed by atoms with E-state index < -0.39 is 67.2 Å². The van der Waals surface area contributed by atoms with Crippen LogP contribution in [0.25, 0.3) is 0 Å². The molecule has 1 aliphatic heterocycles. The van der Waals surface area contributed by atoms with Gasteiger partial charge in [0.1, 0.15) is 12.7 Å². The quantitative estimate of drug-likeness (QED) is 0.433. The third kappa shape index (κ3) is 7.21. The molecule has 0 aromatic rings. The molecule has 1 saturated heterocycles. The molecule has 1 fully saturated rings. The van der Waals surface area contributed by atoms with Crippen molar-refractivity contribution in [3.63, 3.8) is 0 Å². The normalized spacial score (nSPS) is 27.1. The van der Waals surface area contributed by atoms with Gasteiger partial charge in [-0.15, -0.1) is 0 Å². The van der Waals surface area contributed by atoms with Gasteiger partial charge in [-0.05, 0) is 0 Å². The van der Waals surface area contributed by atoms with Gasteiger partial charge in [0.05, 0.1) is 0 Å². The first-order valence-electron chi connectivity index (χ1n) is 7.99. The molecule has 0 aromatic heterocycles. The van der Waals surface area contributed by atoms with Gasteiger partial charge < -0.3 is 28.4 Å². The zero-order chi connectivity index (χ0) is 20.7. The first-order chi connectivity index (χ1) is 12.5. The summed E-state index contributed by atoms with van der Waals surface area (Å²) in [5, 5.41) is 0. The Morgan fingerprint density at radius 2 is 1.07 bits per heavy atom. The van der Waals surface area contributed by atoms with Gasteiger partial charge in [0.2, 0.25) is 12.4 Å². The maximum atomic E-state index is 11.5. The molecule has 0 aromatic carbocycles. The molecule has 0 spiro atoms. The first kappa shape index (κ1) is 22.4. The van der Waals surface area contributed by atoms with Crippen molar-refractivity contribution < 1.29 is 52.4 Å². The van der Waals surface area contributed by atoms with Gasteiger partial charge >= 0.3 is 29.8 Å². The highest BCUT2D eigenvalue weighted by Gasteiger charge is 2.53. The highest BCUT2D eigenvalue weighted by Crippen LogP contribution is 2.29. The Morgan fingerprint density at radius 3 is 1.52 bits per heavy atom. The number of ether oxygens (including phenoxy) is 6.